The van der Waals surface area contributed by atoms with Gasteiger partial charge in [0.1, 0.15) is 22.0 Å². The molecule has 2 unspecified atom stereocenters. The van der Waals surface area contributed by atoms with E-state index in [1.807, 2.05) is 0 Å². The molecule has 1 fully saturated rings. The number of aromatic nitrogens is 1. The van der Waals surface area contributed by atoms with E-state index in [9.17, 15) is 33.2 Å². The molecule has 2 aromatic carbocycles. The summed E-state index contributed by atoms with van der Waals surface area (Å²) in [6, 6.07) is 10.2. The van der Waals surface area contributed by atoms with Gasteiger partial charge in [0.05, 0.1) is 4.92 Å². The molecule has 3 N–H and O–H groups in total. The van der Waals surface area contributed by atoms with Crippen molar-refractivity contribution in [2.75, 3.05) is 6.26 Å². The highest BCUT2D eigenvalue weighted by Gasteiger charge is 2.73. The second-order valence-corrected chi connectivity index (χ2v) is 12.3. The summed E-state index contributed by atoms with van der Waals surface area (Å²) in [6.07, 6.45) is 1.94. The van der Waals surface area contributed by atoms with E-state index >= 15 is 0 Å². The number of sulfone groups is 1. The Morgan fingerprint density at radius 1 is 1.26 bits per heavy atom. The minimum Gasteiger partial charge on any atom is -0.454 e. The lowest BCUT2D eigenvalue weighted by atomic mass is 9.82. The second-order valence-electron chi connectivity index (χ2n) is 10.3. The maximum atomic E-state index is 14.1. The minimum absolute atomic E-state index is 0.126. The van der Waals surface area contributed by atoms with Crippen LogP contribution in [0.3, 0.4) is 0 Å². The van der Waals surface area contributed by atoms with E-state index in [-0.39, 0.29) is 44.6 Å². The SMILES string of the molecule is Cc1cc(S(C)(=O)=O)[nH]c1C(=O)NC12C(=O)c3cccc([N+](=O)[O-])c3C1(O)Oc1cc([C@H]3C[C@H]3C)ccc12. The number of aryl methyl sites for hydroxylation is 1. The predicted octanol–water partition coefficient (Wildman–Crippen LogP) is 2.82. The van der Waals surface area contributed by atoms with Crippen molar-refractivity contribution in [3.8, 4) is 5.75 Å². The molecule has 0 spiro atoms. The van der Waals surface area contributed by atoms with Gasteiger partial charge in [0.2, 0.25) is 11.3 Å². The molecule has 0 bridgehead atoms. The molecule has 3 aliphatic rings. The Balaban J connectivity index is 1.55. The Labute approximate surface area is 216 Å². The van der Waals surface area contributed by atoms with Gasteiger partial charge in [-0.3, -0.25) is 19.7 Å². The van der Waals surface area contributed by atoms with Gasteiger partial charge in [0, 0.05) is 23.4 Å². The fourth-order valence-corrected chi connectivity index (χ4v) is 6.41. The van der Waals surface area contributed by atoms with Crippen molar-refractivity contribution < 1.29 is 32.8 Å². The van der Waals surface area contributed by atoms with Gasteiger partial charge < -0.3 is 20.1 Å². The molecule has 1 saturated carbocycles. The first-order chi connectivity index (χ1) is 17.8. The fourth-order valence-electron chi connectivity index (χ4n) is 5.73. The fraction of sp³-hybridized carbons (Fsp3) is 0.308. The maximum Gasteiger partial charge on any atom is 0.280 e. The number of ketones is 1. The van der Waals surface area contributed by atoms with E-state index in [0.29, 0.717) is 5.92 Å². The molecular formula is C26H23N3O8S. The molecule has 6 rings (SSSR count). The van der Waals surface area contributed by atoms with E-state index in [1.165, 1.54) is 25.1 Å². The van der Waals surface area contributed by atoms with Crippen LogP contribution in [0.2, 0.25) is 0 Å². The maximum absolute atomic E-state index is 14.1. The standard InChI is InChI=1S/C26H23N3O8S/c1-12-9-16(12)14-7-8-17-19(11-14)37-26(32)21-15(5-4-6-18(21)29(33)34)23(30)25(17,26)28-24(31)22-13(2)10-20(27-22)38(3,35)36/h4-8,10-12,16,27,32H,9H2,1-3H3,(H,28,31)/t12-,16+,25?,26?/m1/s1. The normalized spacial score (nSPS) is 26.8. The summed E-state index contributed by atoms with van der Waals surface area (Å²) in [6.45, 7) is 3.61. The summed E-state index contributed by atoms with van der Waals surface area (Å²) < 4.78 is 30.1. The average Bonchev–Trinajstić information content (AvgIpc) is 3.27. The lowest BCUT2D eigenvalue weighted by Crippen LogP contribution is -2.60. The molecule has 0 saturated heterocycles. The van der Waals surface area contributed by atoms with E-state index in [1.54, 1.807) is 18.2 Å². The lowest BCUT2D eigenvalue weighted by molar-refractivity contribution is -0.388. The quantitative estimate of drug-likeness (QED) is 0.330. The first-order valence-electron chi connectivity index (χ1n) is 11.9. The highest BCUT2D eigenvalue weighted by atomic mass is 32.2. The van der Waals surface area contributed by atoms with Crippen LogP contribution in [0, 0.1) is 23.0 Å². The Kier molecular flexibility index (Phi) is 4.81. The van der Waals surface area contributed by atoms with Crippen molar-refractivity contribution >= 4 is 27.2 Å². The number of Topliss-reactive ketones (excluding diaryl/α,β-unsaturated/α-hetero) is 1. The summed E-state index contributed by atoms with van der Waals surface area (Å²) in [5.41, 5.74) is -2.09. The number of carbonyl (C=O) groups is 2. The summed E-state index contributed by atoms with van der Waals surface area (Å²) >= 11 is 0. The number of H-pyrrole nitrogens is 1. The summed E-state index contributed by atoms with van der Waals surface area (Å²) in [4.78, 5) is 41.4. The van der Waals surface area contributed by atoms with Crippen molar-refractivity contribution in [2.45, 2.75) is 42.5 Å². The summed E-state index contributed by atoms with van der Waals surface area (Å²) in [5, 5.41) is 26.4. The number of hydrogen-bond acceptors (Lipinski definition) is 8. The molecule has 0 radical (unpaired) electrons. The molecular weight excluding hydrogens is 514 g/mol. The minimum atomic E-state index is -3.68. The van der Waals surface area contributed by atoms with Gasteiger partial charge in [-0.1, -0.05) is 31.2 Å². The van der Waals surface area contributed by atoms with Gasteiger partial charge in [-0.25, -0.2) is 8.42 Å². The van der Waals surface area contributed by atoms with E-state index < -0.39 is 43.5 Å². The monoisotopic (exact) mass is 537 g/mol. The van der Waals surface area contributed by atoms with Crippen molar-refractivity contribution in [2.24, 2.45) is 5.92 Å². The van der Waals surface area contributed by atoms with Crippen molar-refractivity contribution in [3.05, 3.63) is 86.1 Å². The molecule has 38 heavy (non-hydrogen) atoms. The Bertz CT molecular complexity index is 1710. The van der Waals surface area contributed by atoms with Crippen molar-refractivity contribution in [3.63, 3.8) is 0 Å². The van der Waals surface area contributed by atoms with Gasteiger partial charge in [0.15, 0.2) is 9.84 Å². The van der Waals surface area contributed by atoms with E-state index in [2.05, 4.69) is 17.2 Å². The van der Waals surface area contributed by atoms with Crippen LogP contribution >= 0.6 is 0 Å². The second kappa shape index (κ2) is 7.51. The van der Waals surface area contributed by atoms with Gasteiger partial charge in [-0.2, -0.15) is 0 Å². The number of carbonyl (C=O) groups excluding carboxylic acids is 2. The van der Waals surface area contributed by atoms with Gasteiger partial charge in [0.25, 0.3) is 17.4 Å². The summed E-state index contributed by atoms with van der Waals surface area (Å²) in [5.74, 6) is -3.45. The van der Waals surface area contributed by atoms with Crippen molar-refractivity contribution in [1.29, 1.82) is 0 Å². The van der Waals surface area contributed by atoms with Crippen LogP contribution in [0.15, 0.2) is 47.5 Å². The number of nitrogens with one attached hydrogen (secondary N) is 2. The van der Waals surface area contributed by atoms with Gasteiger partial charge in [-0.05, 0) is 48.4 Å². The number of nitro benzene ring substituents is 1. The Hall–Kier alpha value is -4.03. The molecule has 11 nitrogen and oxygen atoms in total. The van der Waals surface area contributed by atoms with Crippen LogP contribution < -0.4 is 10.1 Å². The zero-order valence-electron chi connectivity index (χ0n) is 20.6. The van der Waals surface area contributed by atoms with Crippen LogP contribution in [0.5, 0.6) is 5.75 Å². The molecule has 2 aliphatic carbocycles. The van der Waals surface area contributed by atoms with Gasteiger partial charge >= 0.3 is 0 Å². The highest BCUT2D eigenvalue weighted by Crippen LogP contribution is 2.61. The first-order valence-corrected chi connectivity index (χ1v) is 13.8. The molecule has 196 valence electrons. The molecule has 1 amide bonds. The van der Waals surface area contributed by atoms with Crippen LogP contribution in [-0.4, -0.2) is 41.4 Å². The summed E-state index contributed by atoms with van der Waals surface area (Å²) in [7, 11) is -3.68. The van der Waals surface area contributed by atoms with Gasteiger partial charge in [-0.15, -0.1) is 0 Å². The van der Waals surface area contributed by atoms with E-state index in [0.717, 1.165) is 24.3 Å². The molecule has 4 atom stereocenters. The third-order valence-corrected chi connectivity index (χ3v) is 8.81. The number of benzene rings is 2. The number of fused-ring (bicyclic) bond motifs is 5. The Morgan fingerprint density at radius 2 is 1.97 bits per heavy atom. The number of rotatable bonds is 5. The molecule has 1 aromatic heterocycles. The average molecular weight is 538 g/mol. The number of nitrogens with zero attached hydrogens (tertiary/aromatic N) is 1. The van der Waals surface area contributed by atoms with E-state index in [4.69, 9.17) is 4.74 Å². The third-order valence-electron chi connectivity index (χ3n) is 7.79. The van der Waals surface area contributed by atoms with Crippen LogP contribution in [0.4, 0.5) is 5.69 Å². The highest BCUT2D eigenvalue weighted by molar-refractivity contribution is 7.90. The lowest BCUT2D eigenvalue weighted by Gasteiger charge is -2.34. The number of ether oxygens (including phenoxy) is 1. The first kappa shape index (κ1) is 24.3. The molecule has 2 heterocycles. The number of aliphatic hydroxyl groups is 1. The number of amides is 1. The predicted molar refractivity (Wildman–Crippen MR) is 133 cm³/mol. The number of aromatic amines is 1. The van der Waals surface area contributed by atoms with Crippen molar-refractivity contribution in [1.82, 2.24) is 10.3 Å². The van der Waals surface area contributed by atoms with Crippen LogP contribution in [0.1, 0.15) is 62.4 Å². The molecule has 3 aromatic rings. The van der Waals surface area contributed by atoms with Crippen LogP contribution in [-0.2, 0) is 21.2 Å². The Morgan fingerprint density at radius 3 is 2.58 bits per heavy atom. The topological polar surface area (TPSA) is 169 Å². The zero-order chi connectivity index (χ0) is 27.4. The number of nitro groups is 1. The largest absolute Gasteiger partial charge is 0.454 e. The molecule has 1 aliphatic heterocycles. The molecule has 12 heteroatoms. The smallest absolute Gasteiger partial charge is 0.280 e. The van der Waals surface area contributed by atoms with Crippen LogP contribution in [0.25, 0.3) is 0 Å². The number of hydrogen-bond donors (Lipinski definition) is 3. The third kappa shape index (κ3) is 3.07. The zero-order valence-corrected chi connectivity index (χ0v) is 21.4.